The lowest BCUT2D eigenvalue weighted by atomic mass is 10.2. The van der Waals surface area contributed by atoms with Gasteiger partial charge in [-0.2, -0.15) is 4.31 Å². The third kappa shape index (κ3) is 5.43. The highest BCUT2D eigenvalue weighted by Crippen LogP contribution is 2.26. The van der Waals surface area contributed by atoms with E-state index in [0.717, 1.165) is 48.2 Å². The molecule has 1 fully saturated rings. The molecule has 1 aromatic heterocycles. The van der Waals surface area contributed by atoms with Gasteiger partial charge in [0, 0.05) is 29.7 Å². The Morgan fingerprint density at radius 1 is 1.06 bits per heavy atom. The number of nitrogens with zero attached hydrogens (tertiary/aromatic N) is 2. The average Bonchev–Trinajstić information content (AvgIpc) is 3.04. The van der Waals surface area contributed by atoms with Crippen molar-refractivity contribution in [1.29, 1.82) is 0 Å². The highest BCUT2D eigenvalue weighted by molar-refractivity contribution is 7.89. The third-order valence-electron chi connectivity index (χ3n) is 5.52. The number of carbonyl (C=O) groups is 1. The lowest BCUT2D eigenvalue weighted by molar-refractivity contribution is -0.115. The molecule has 6 nitrogen and oxygen atoms in total. The summed E-state index contributed by atoms with van der Waals surface area (Å²) in [4.78, 5) is 17.2. The first-order valence-electron chi connectivity index (χ1n) is 10.8. The van der Waals surface area contributed by atoms with Gasteiger partial charge in [-0.15, -0.1) is 11.3 Å². The second-order valence-electron chi connectivity index (χ2n) is 8.06. The van der Waals surface area contributed by atoms with Crippen molar-refractivity contribution < 1.29 is 13.2 Å². The summed E-state index contributed by atoms with van der Waals surface area (Å²) in [5.41, 5.74) is 3.43. The van der Waals surface area contributed by atoms with Crippen molar-refractivity contribution in [2.45, 2.75) is 43.9 Å². The molecule has 168 valence electrons. The monoisotopic (exact) mass is 469 g/mol. The van der Waals surface area contributed by atoms with Crippen molar-refractivity contribution in [2.24, 2.45) is 0 Å². The number of hydrogen-bond donors (Lipinski definition) is 1. The zero-order valence-corrected chi connectivity index (χ0v) is 19.7. The number of carbonyl (C=O) groups excluding carboxylic acids is 1. The van der Waals surface area contributed by atoms with Crippen LogP contribution in [0.2, 0.25) is 0 Å². The summed E-state index contributed by atoms with van der Waals surface area (Å²) in [6.45, 7) is 3.15. The van der Waals surface area contributed by atoms with Gasteiger partial charge in [0.05, 0.1) is 17.0 Å². The number of hydrogen-bond acceptors (Lipinski definition) is 5. The van der Waals surface area contributed by atoms with E-state index in [9.17, 15) is 13.2 Å². The van der Waals surface area contributed by atoms with E-state index in [1.807, 2.05) is 36.6 Å². The van der Waals surface area contributed by atoms with Crippen LogP contribution >= 0.6 is 11.3 Å². The van der Waals surface area contributed by atoms with Gasteiger partial charge in [0.25, 0.3) is 0 Å². The molecule has 1 aliphatic rings. The van der Waals surface area contributed by atoms with Crippen LogP contribution < -0.4 is 5.32 Å². The normalized spacial score (nSPS) is 15.3. The van der Waals surface area contributed by atoms with Crippen molar-refractivity contribution in [1.82, 2.24) is 9.29 Å². The second kappa shape index (κ2) is 9.94. The Labute approximate surface area is 193 Å². The topological polar surface area (TPSA) is 79.4 Å². The summed E-state index contributed by atoms with van der Waals surface area (Å²) in [6, 6.07) is 14.5. The molecule has 1 saturated heterocycles. The number of aromatic nitrogens is 1. The zero-order valence-electron chi connectivity index (χ0n) is 18.1. The second-order valence-corrected chi connectivity index (χ2v) is 10.9. The minimum Gasteiger partial charge on any atom is -0.326 e. The molecule has 1 aliphatic heterocycles. The Morgan fingerprint density at radius 2 is 1.78 bits per heavy atom. The fourth-order valence-electron chi connectivity index (χ4n) is 3.82. The molecular formula is C24H27N3O3S2. The maximum absolute atomic E-state index is 13.0. The maximum Gasteiger partial charge on any atom is 0.243 e. The molecule has 1 N–H and O–H groups in total. The van der Waals surface area contributed by atoms with E-state index >= 15 is 0 Å². The van der Waals surface area contributed by atoms with Crippen LogP contribution in [0, 0.1) is 6.92 Å². The van der Waals surface area contributed by atoms with Gasteiger partial charge in [-0.25, -0.2) is 13.4 Å². The summed E-state index contributed by atoms with van der Waals surface area (Å²) in [5.74, 6) is -0.115. The Balaban J connectivity index is 1.42. The number of aryl methyl sites for hydroxylation is 1. The third-order valence-corrected chi connectivity index (χ3v) is 8.28. The molecule has 3 aromatic rings. The molecule has 0 saturated carbocycles. The molecular weight excluding hydrogens is 442 g/mol. The molecule has 32 heavy (non-hydrogen) atoms. The summed E-state index contributed by atoms with van der Waals surface area (Å²) < 4.78 is 27.5. The van der Waals surface area contributed by atoms with Crippen molar-refractivity contribution in [3.63, 3.8) is 0 Å². The zero-order chi connectivity index (χ0) is 22.6. The average molecular weight is 470 g/mol. The van der Waals surface area contributed by atoms with Crippen LogP contribution in [0.15, 0.2) is 58.8 Å². The quantitative estimate of drug-likeness (QED) is 0.559. The molecule has 4 rings (SSSR count). The van der Waals surface area contributed by atoms with Crippen molar-refractivity contribution >= 4 is 33.0 Å². The van der Waals surface area contributed by atoms with Gasteiger partial charge in [0.1, 0.15) is 5.01 Å². The number of thiazole rings is 1. The minimum atomic E-state index is -3.47. The van der Waals surface area contributed by atoms with Crippen LogP contribution in [0.25, 0.3) is 11.3 Å². The first kappa shape index (κ1) is 22.6. The van der Waals surface area contributed by atoms with Crippen LogP contribution in [0.1, 0.15) is 36.3 Å². The molecule has 1 amide bonds. The van der Waals surface area contributed by atoms with Gasteiger partial charge in [0.15, 0.2) is 0 Å². The Morgan fingerprint density at radius 3 is 2.47 bits per heavy atom. The highest BCUT2D eigenvalue weighted by atomic mass is 32.2. The largest absolute Gasteiger partial charge is 0.326 e. The lowest BCUT2D eigenvalue weighted by Crippen LogP contribution is -2.31. The van der Waals surface area contributed by atoms with Crippen LogP contribution in [0.4, 0.5) is 5.69 Å². The molecule has 8 heteroatoms. The number of amides is 1. The first-order valence-corrected chi connectivity index (χ1v) is 13.2. The van der Waals surface area contributed by atoms with E-state index in [0.29, 0.717) is 23.0 Å². The van der Waals surface area contributed by atoms with Gasteiger partial charge in [0.2, 0.25) is 15.9 Å². The number of nitrogens with one attached hydrogen (secondary N) is 1. The smallest absolute Gasteiger partial charge is 0.243 e. The number of anilines is 1. The fourth-order valence-corrected chi connectivity index (χ4v) is 6.14. The molecule has 0 atom stereocenters. The summed E-state index contributed by atoms with van der Waals surface area (Å²) >= 11 is 1.42. The standard InChI is InChI=1S/C24H27N3O3S2/c1-18-7-6-8-20(15-18)25-23(28)16-24-26-22(17-31-24)19-9-11-21(12-10-19)32(29,30)27-13-4-2-3-5-14-27/h6-12,15,17H,2-5,13-14,16H2,1H3,(H,25,28). The van der Waals surface area contributed by atoms with E-state index in [-0.39, 0.29) is 12.3 Å². The predicted molar refractivity (Wildman–Crippen MR) is 128 cm³/mol. The van der Waals surface area contributed by atoms with Crippen LogP contribution in [0.3, 0.4) is 0 Å². The Hall–Kier alpha value is -2.55. The molecule has 0 radical (unpaired) electrons. The first-order chi connectivity index (χ1) is 15.4. The molecule has 2 aromatic carbocycles. The van der Waals surface area contributed by atoms with E-state index in [2.05, 4.69) is 10.3 Å². The molecule has 0 spiro atoms. The number of benzene rings is 2. The number of rotatable bonds is 6. The van der Waals surface area contributed by atoms with Crippen LogP contribution in [-0.2, 0) is 21.2 Å². The SMILES string of the molecule is Cc1cccc(NC(=O)Cc2nc(-c3ccc(S(=O)(=O)N4CCCCCC4)cc3)cs2)c1. The van der Waals surface area contributed by atoms with Crippen molar-refractivity contribution in [2.75, 3.05) is 18.4 Å². The van der Waals surface area contributed by atoms with Gasteiger partial charge in [-0.1, -0.05) is 37.1 Å². The lowest BCUT2D eigenvalue weighted by Gasteiger charge is -2.19. The number of sulfonamides is 1. The van der Waals surface area contributed by atoms with Gasteiger partial charge in [-0.3, -0.25) is 4.79 Å². The summed E-state index contributed by atoms with van der Waals surface area (Å²) in [7, 11) is -3.47. The molecule has 0 aliphatic carbocycles. The van der Waals surface area contributed by atoms with E-state index in [4.69, 9.17) is 0 Å². The predicted octanol–water partition coefficient (Wildman–Crippen LogP) is 4.86. The fraction of sp³-hybridized carbons (Fsp3) is 0.333. The van der Waals surface area contributed by atoms with Crippen molar-refractivity contribution in [3.8, 4) is 11.3 Å². The molecule has 2 heterocycles. The van der Waals surface area contributed by atoms with Gasteiger partial charge < -0.3 is 5.32 Å². The Kier molecular flexibility index (Phi) is 7.03. The van der Waals surface area contributed by atoms with Crippen LogP contribution in [-0.4, -0.2) is 36.7 Å². The minimum absolute atomic E-state index is 0.115. The van der Waals surface area contributed by atoms with Crippen LogP contribution in [0.5, 0.6) is 0 Å². The maximum atomic E-state index is 13.0. The summed E-state index contributed by atoms with van der Waals surface area (Å²) in [5, 5.41) is 5.51. The van der Waals surface area contributed by atoms with Crippen molar-refractivity contribution in [3.05, 3.63) is 64.5 Å². The highest BCUT2D eigenvalue weighted by Gasteiger charge is 2.25. The van der Waals surface area contributed by atoms with Gasteiger partial charge in [-0.05, 0) is 49.6 Å². The molecule has 0 unspecified atom stereocenters. The van der Waals surface area contributed by atoms with Gasteiger partial charge >= 0.3 is 0 Å². The van der Waals surface area contributed by atoms with E-state index in [1.165, 1.54) is 11.3 Å². The summed E-state index contributed by atoms with van der Waals surface area (Å²) in [6.07, 6.45) is 4.19. The molecule has 0 bridgehead atoms. The van der Waals surface area contributed by atoms with E-state index < -0.39 is 10.0 Å². The van der Waals surface area contributed by atoms with E-state index in [1.54, 1.807) is 28.6 Å². The Bertz CT molecular complexity index is 1180.